The first-order valence-electron chi connectivity index (χ1n) is 6.13. The van der Waals surface area contributed by atoms with Crippen LogP contribution in [-0.4, -0.2) is 17.3 Å². The number of hydrogen-bond acceptors (Lipinski definition) is 3. The summed E-state index contributed by atoms with van der Waals surface area (Å²) in [6.07, 6.45) is -4.74. The number of benzene rings is 1. The maximum absolute atomic E-state index is 12.7. The van der Waals surface area contributed by atoms with Crippen LogP contribution >= 0.6 is 0 Å². The van der Waals surface area contributed by atoms with Crippen LogP contribution in [0.3, 0.4) is 0 Å². The normalized spacial score (nSPS) is 23.8. The molecule has 2 atom stereocenters. The average molecular weight is 272 g/mol. The van der Waals surface area contributed by atoms with Crippen molar-refractivity contribution in [2.24, 2.45) is 5.41 Å². The summed E-state index contributed by atoms with van der Waals surface area (Å²) in [5.74, 6) is -0.366. The molecule has 1 unspecified atom stereocenters. The Kier molecular flexibility index (Phi) is 3.21. The van der Waals surface area contributed by atoms with Crippen molar-refractivity contribution in [1.82, 2.24) is 0 Å². The van der Waals surface area contributed by atoms with E-state index >= 15 is 0 Å². The van der Waals surface area contributed by atoms with Crippen LogP contribution in [0, 0.1) is 5.41 Å². The Morgan fingerprint density at radius 1 is 1.21 bits per heavy atom. The van der Waals surface area contributed by atoms with Gasteiger partial charge in [0.05, 0.1) is 0 Å². The monoisotopic (exact) mass is 272 g/mol. The van der Waals surface area contributed by atoms with E-state index in [4.69, 9.17) is 9.47 Å². The zero-order valence-corrected chi connectivity index (χ0v) is 11.4. The predicted octanol–water partition coefficient (Wildman–Crippen LogP) is 3.52. The van der Waals surface area contributed by atoms with Crippen LogP contribution in [0.4, 0.5) is 8.78 Å². The first-order chi connectivity index (χ1) is 8.66. The fraction of sp³-hybridized carbons (Fsp3) is 0.571. The molecule has 0 aromatic heterocycles. The third kappa shape index (κ3) is 2.27. The number of aliphatic hydroxyl groups is 1. The molecular weight excluding hydrogens is 254 g/mol. The molecule has 1 heterocycles. The van der Waals surface area contributed by atoms with Crippen LogP contribution in [-0.2, 0) is 0 Å². The smallest absolute Gasteiger partial charge is 0.268 e. The van der Waals surface area contributed by atoms with E-state index in [2.05, 4.69) is 0 Å². The molecule has 3 nitrogen and oxygen atoms in total. The highest BCUT2D eigenvalue weighted by Crippen LogP contribution is 2.49. The minimum Gasteiger partial charge on any atom is -0.448 e. The molecule has 106 valence electrons. The van der Waals surface area contributed by atoms with E-state index in [9.17, 15) is 13.9 Å². The second-order valence-corrected chi connectivity index (χ2v) is 5.85. The first kappa shape index (κ1) is 14.1. The van der Waals surface area contributed by atoms with E-state index in [1.165, 1.54) is 6.07 Å². The molecule has 2 rings (SSSR count). The van der Waals surface area contributed by atoms with Crippen LogP contribution in [0.2, 0.25) is 0 Å². The van der Waals surface area contributed by atoms with Crippen molar-refractivity contribution >= 4 is 0 Å². The number of fused-ring (bicyclic) bond motifs is 1. The average Bonchev–Trinajstić information content (AvgIpc) is 2.64. The summed E-state index contributed by atoms with van der Waals surface area (Å²) in [5.41, 5.74) is -0.292. The van der Waals surface area contributed by atoms with Gasteiger partial charge in [-0.25, -0.2) is 8.78 Å². The molecule has 1 aromatic rings. The summed E-state index contributed by atoms with van der Waals surface area (Å²) in [5, 5.41) is 9.55. The standard InChI is InChI=1S/C14H18F2O3/c1-13(2,3)14(4)18-9-7-5-6-8(11(9)19-14)10(17)12(15)16/h5-7,10,12,17H,1-4H3/t10-,14?/m1/s1. The van der Waals surface area contributed by atoms with Gasteiger partial charge in [-0.1, -0.05) is 32.9 Å². The van der Waals surface area contributed by atoms with Crippen molar-refractivity contribution in [3.63, 3.8) is 0 Å². The van der Waals surface area contributed by atoms with E-state index in [0.717, 1.165) is 0 Å². The highest BCUT2D eigenvalue weighted by Gasteiger charge is 2.48. The molecule has 0 saturated heterocycles. The molecule has 19 heavy (non-hydrogen) atoms. The van der Waals surface area contributed by atoms with Crippen LogP contribution in [0.1, 0.15) is 39.4 Å². The van der Waals surface area contributed by atoms with Gasteiger partial charge in [0.25, 0.3) is 12.2 Å². The number of ether oxygens (including phenoxy) is 2. The molecule has 0 spiro atoms. The molecule has 0 aliphatic carbocycles. The summed E-state index contributed by atoms with van der Waals surface area (Å²) in [6, 6.07) is 4.64. The van der Waals surface area contributed by atoms with Gasteiger partial charge in [0.1, 0.15) is 6.10 Å². The number of halogens is 2. The Morgan fingerprint density at radius 3 is 2.37 bits per heavy atom. The van der Waals surface area contributed by atoms with E-state index in [1.54, 1.807) is 19.1 Å². The molecule has 1 N–H and O–H groups in total. The van der Waals surface area contributed by atoms with E-state index < -0.39 is 18.3 Å². The maximum atomic E-state index is 12.7. The SMILES string of the molecule is CC(C)(C)C1(C)Oc2cccc([C@@H](O)C(F)F)c2O1. The molecular formula is C14H18F2O3. The molecule has 0 saturated carbocycles. The number of hydrogen-bond donors (Lipinski definition) is 1. The molecule has 0 radical (unpaired) electrons. The molecule has 1 aromatic carbocycles. The molecule has 1 aliphatic heterocycles. The van der Waals surface area contributed by atoms with Gasteiger partial charge < -0.3 is 14.6 Å². The minimum atomic E-state index is -2.86. The second kappa shape index (κ2) is 4.34. The van der Waals surface area contributed by atoms with Gasteiger partial charge in [0, 0.05) is 17.9 Å². The van der Waals surface area contributed by atoms with Gasteiger partial charge in [-0.3, -0.25) is 0 Å². The highest BCUT2D eigenvalue weighted by atomic mass is 19.3. The largest absolute Gasteiger partial charge is 0.448 e. The lowest BCUT2D eigenvalue weighted by Crippen LogP contribution is -2.47. The van der Waals surface area contributed by atoms with Crippen molar-refractivity contribution in [2.45, 2.75) is 46.0 Å². The third-order valence-corrected chi connectivity index (χ3v) is 3.53. The number of para-hydroxylation sites is 1. The summed E-state index contributed by atoms with van der Waals surface area (Å²) >= 11 is 0. The molecule has 1 aliphatic rings. The number of aliphatic hydroxyl groups excluding tert-OH is 1. The fourth-order valence-electron chi connectivity index (χ4n) is 1.82. The lowest BCUT2D eigenvalue weighted by Gasteiger charge is -2.36. The quantitative estimate of drug-likeness (QED) is 0.895. The van der Waals surface area contributed by atoms with Gasteiger partial charge in [-0.15, -0.1) is 0 Å². The number of alkyl halides is 2. The molecule has 0 amide bonds. The summed E-state index contributed by atoms with van der Waals surface area (Å²) in [6.45, 7) is 7.55. The lowest BCUT2D eigenvalue weighted by molar-refractivity contribution is -0.143. The lowest BCUT2D eigenvalue weighted by atomic mass is 9.87. The topological polar surface area (TPSA) is 38.7 Å². The Balaban J connectivity index is 2.42. The summed E-state index contributed by atoms with van der Waals surface area (Å²) in [7, 11) is 0. The Morgan fingerprint density at radius 2 is 1.84 bits per heavy atom. The van der Waals surface area contributed by atoms with Crippen LogP contribution in [0.15, 0.2) is 18.2 Å². The Labute approximate surface area is 111 Å². The van der Waals surface area contributed by atoms with Gasteiger partial charge in [0.15, 0.2) is 11.5 Å². The molecule has 5 heteroatoms. The minimum absolute atomic E-state index is 0.0560. The maximum Gasteiger partial charge on any atom is 0.268 e. The summed E-state index contributed by atoms with van der Waals surface area (Å²) in [4.78, 5) is 0. The van der Waals surface area contributed by atoms with Crippen LogP contribution < -0.4 is 9.47 Å². The zero-order valence-electron chi connectivity index (χ0n) is 11.4. The third-order valence-electron chi connectivity index (χ3n) is 3.53. The van der Waals surface area contributed by atoms with E-state index in [1.807, 2.05) is 20.8 Å². The van der Waals surface area contributed by atoms with Crippen molar-refractivity contribution < 1.29 is 23.4 Å². The zero-order chi connectivity index (χ0) is 14.4. The van der Waals surface area contributed by atoms with Gasteiger partial charge in [-0.05, 0) is 6.07 Å². The molecule has 0 fully saturated rings. The van der Waals surface area contributed by atoms with Crippen molar-refractivity contribution in [2.75, 3.05) is 0 Å². The van der Waals surface area contributed by atoms with Crippen molar-refractivity contribution in [3.8, 4) is 11.5 Å². The van der Waals surface area contributed by atoms with Gasteiger partial charge in [-0.2, -0.15) is 0 Å². The summed E-state index contributed by atoms with van der Waals surface area (Å²) < 4.78 is 36.8. The second-order valence-electron chi connectivity index (χ2n) is 5.85. The first-order valence-corrected chi connectivity index (χ1v) is 6.13. The van der Waals surface area contributed by atoms with Crippen molar-refractivity contribution in [3.05, 3.63) is 23.8 Å². The van der Waals surface area contributed by atoms with E-state index in [-0.39, 0.29) is 16.7 Å². The molecule has 0 bridgehead atoms. The van der Waals surface area contributed by atoms with E-state index in [0.29, 0.717) is 5.75 Å². The van der Waals surface area contributed by atoms with Crippen LogP contribution in [0.5, 0.6) is 11.5 Å². The highest BCUT2D eigenvalue weighted by molar-refractivity contribution is 5.50. The van der Waals surface area contributed by atoms with Gasteiger partial charge in [0.2, 0.25) is 0 Å². The Bertz CT molecular complexity index is 482. The van der Waals surface area contributed by atoms with Crippen LogP contribution in [0.25, 0.3) is 0 Å². The fourth-order valence-corrected chi connectivity index (χ4v) is 1.82. The Hall–Kier alpha value is -1.36. The predicted molar refractivity (Wildman–Crippen MR) is 66.5 cm³/mol. The van der Waals surface area contributed by atoms with Crippen molar-refractivity contribution in [1.29, 1.82) is 0 Å². The van der Waals surface area contributed by atoms with Gasteiger partial charge >= 0.3 is 0 Å². The number of rotatable bonds is 2.